The van der Waals surface area contributed by atoms with Crippen LogP contribution in [0.3, 0.4) is 0 Å². The van der Waals surface area contributed by atoms with Crippen LogP contribution in [0, 0.1) is 0 Å². The van der Waals surface area contributed by atoms with Crippen molar-refractivity contribution in [1.29, 1.82) is 0 Å². The molecule has 1 aromatic heterocycles. The topological polar surface area (TPSA) is 58.0 Å². The molecule has 4 nitrogen and oxygen atoms in total. The van der Waals surface area contributed by atoms with Crippen LogP contribution in [0.2, 0.25) is 0 Å². The normalized spacial score (nSPS) is 26.5. The second kappa shape index (κ2) is 5.19. The summed E-state index contributed by atoms with van der Waals surface area (Å²) in [7, 11) is 0. The lowest BCUT2D eigenvalue weighted by molar-refractivity contribution is 0.0900. The molecular formula is C11H17N3O. The summed E-state index contributed by atoms with van der Waals surface area (Å²) in [6, 6.07) is 4.04. The zero-order valence-corrected chi connectivity index (χ0v) is 8.76. The highest BCUT2D eigenvalue weighted by Gasteiger charge is 2.22. The molecule has 0 radical (unpaired) electrons. The summed E-state index contributed by atoms with van der Waals surface area (Å²) in [6.07, 6.45) is 5.79. The molecule has 0 aromatic carbocycles. The first-order chi connectivity index (χ1) is 7.36. The van der Waals surface area contributed by atoms with Gasteiger partial charge >= 0.3 is 0 Å². The molecule has 1 aromatic rings. The van der Waals surface area contributed by atoms with Gasteiger partial charge in [0.1, 0.15) is 0 Å². The van der Waals surface area contributed by atoms with Gasteiger partial charge in [0.15, 0.2) is 0 Å². The molecule has 15 heavy (non-hydrogen) atoms. The summed E-state index contributed by atoms with van der Waals surface area (Å²) >= 11 is 0. The molecule has 2 unspecified atom stereocenters. The number of hydrogen-bond donors (Lipinski definition) is 2. The SMILES string of the molecule is OC1CCCCC1NCc1cccnn1. The Morgan fingerprint density at radius 2 is 2.27 bits per heavy atom. The Hall–Kier alpha value is -1.00. The Kier molecular flexibility index (Phi) is 3.64. The first kappa shape index (κ1) is 10.5. The predicted molar refractivity (Wildman–Crippen MR) is 57.1 cm³/mol. The minimum absolute atomic E-state index is 0.199. The Morgan fingerprint density at radius 3 is 3.00 bits per heavy atom. The van der Waals surface area contributed by atoms with E-state index in [1.807, 2.05) is 12.1 Å². The second-order valence-electron chi connectivity index (χ2n) is 4.05. The van der Waals surface area contributed by atoms with Crippen LogP contribution in [0.15, 0.2) is 18.3 Å². The molecule has 4 heteroatoms. The molecule has 2 atom stereocenters. The van der Waals surface area contributed by atoms with Crippen LogP contribution in [0.1, 0.15) is 31.4 Å². The molecule has 82 valence electrons. The van der Waals surface area contributed by atoms with Crippen molar-refractivity contribution in [2.75, 3.05) is 0 Å². The van der Waals surface area contributed by atoms with Gasteiger partial charge in [-0.2, -0.15) is 10.2 Å². The van der Waals surface area contributed by atoms with Crippen LogP contribution in [0.25, 0.3) is 0 Å². The molecule has 1 aliphatic carbocycles. The first-order valence-electron chi connectivity index (χ1n) is 5.54. The molecule has 0 spiro atoms. The van der Waals surface area contributed by atoms with Gasteiger partial charge in [-0.05, 0) is 25.0 Å². The maximum atomic E-state index is 9.75. The predicted octanol–water partition coefficient (Wildman–Crippen LogP) is 0.870. The van der Waals surface area contributed by atoms with E-state index in [1.54, 1.807) is 6.20 Å². The molecule has 1 saturated carbocycles. The van der Waals surface area contributed by atoms with Crippen molar-refractivity contribution in [3.05, 3.63) is 24.0 Å². The summed E-state index contributed by atoms with van der Waals surface area (Å²) in [6.45, 7) is 0.690. The maximum Gasteiger partial charge on any atom is 0.0769 e. The number of rotatable bonds is 3. The van der Waals surface area contributed by atoms with Crippen molar-refractivity contribution >= 4 is 0 Å². The fraction of sp³-hybridized carbons (Fsp3) is 0.636. The number of aliphatic hydroxyl groups excluding tert-OH is 1. The van der Waals surface area contributed by atoms with Crippen molar-refractivity contribution in [2.45, 2.75) is 44.4 Å². The van der Waals surface area contributed by atoms with E-state index in [0.717, 1.165) is 25.0 Å². The van der Waals surface area contributed by atoms with Crippen molar-refractivity contribution in [3.63, 3.8) is 0 Å². The van der Waals surface area contributed by atoms with Crippen molar-refractivity contribution in [3.8, 4) is 0 Å². The van der Waals surface area contributed by atoms with E-state index < -0.39 is 0 Å². The largest absolute Gasteiger partial charge is 0.392 e. The standard InChI is InChI=1S/C11H17N3O/c15-11-6-2-1-5-10(11)12-8-9-4-3-7-13-14-9/h3-4,7,10-12,15H,1-2,5-6,8H2. The zero-order valence-electron chi connectivity index (χ0n) is 8.76. The van der Waals surface area contributed by atoms with E-state index in [0.29, 0.717) is 6.54 Å². The van der Waals surface area contributed by atoms with E-state index in [9.17, 15) is 5.11 Å². The highest BCUT2D eigenvalue weighted by molar-refractivity contribution is 4.99. The van der Waals surface area contributed by atoms with Crippen LogP contribution >= 0.6 is 0 Å². The van der Waals surface area contributed by atoms with Gasteiger partial charge in [-0.1, -0.05) is 12.8 Å². The number of nitrogens with one attached hydrogen (secondary N) is 1. The summed E-state index contributed by atoms with van der Waals surface area (Å²) in [5.41, 5.74) is 0.926. The van der Waals surface area contributed by atoms with Gasteiger partial charge in [-0.25, -0.2) is 0 Å². The van der Waals surface area contributed by atoms with Crippen LogP contribution in [0.4, 0.5) is 0 Å². The van der Waals surface area contributed by atoms with Crippen molar-refractivity contribution in [2.24, 2.45) is 0 Å². The van der Waals surface area contributed by atoms with Gasteiger partial charge in [0, 0.05) is 18.8 Å². The number of nitrogens with zero attached hydrogens (tertiary/aromatic N) is 2. The van der Waals surface area contributed by atoms with Gasteiger partial charge in [-0.3, -0.25) is 0 Å². The number of hydrogen-bond acceptors (Lipinski definition) is 4. The third-order valence-corrected chi connectivity index (χ3v) is 2.90. The smallest absolute Gasteiger partial charge is 0.0769 e. The van der Waals surface area contributed by atoms with Crippen LogP contribution in [-0.4, -0.2) is 27.4 Å². The van der Waals surface area contributed by atoms with Crippen LogP contribution in [-0.2, 0) is 6.54 Å². The third-order valence-electron chi connectivity index (χ3n) is 2.90. The molecule has 1 fully saturated rings. The Balaban J connectivity index is 1.82. The number of aliphatic hydroxyl groups is 1. The molecule has 2 rings (SSSR count). The quantitative estimate of drug-likeness (QED) is 0.772. The Morgan fingerprint density at radius 1 is 1.40 bits per heavy atom. The van der Waals surface area contributed by atoms with Crippen LogP contribution in [0.5, 0.6) is 0 Å². The van der Waals surface area contributed by atoms with Gasteiger partial charge < -0.3 is 10.4 Å². The van der Waals surface area contributed by atoms with Gasteiger partial charge in [0.05, 0.1) is 11.8 Å². The van der Waals surface area contributed by atoms with Crippen molar-refractivity contribution < 1.29 is 5.11 Å². The van der Waals surface area contributed by atoms with E-state index >= 15 is 0 Å². The Labute approximate surface area is 89.7 Å². The minimum Gasteiger partial charge on any atom is -0.392 e. The van der Waals surface area contributed by atoms with E-state index in [-0.39, 0.29) is 12.1 Å². The average Bonchev–Trinajstić information content (AvgIpc) is 2.29. The monoisotopic (exact) mass is 207 g/mol. The fourth-order valence-electron chi connectivity index (χ4n) is 2.01. The van der Waals surface area contributed by atoms with Gasteiger partial charge in [0.2, 0.25) is 0 Å². The van der Waals surface area contributed by atoms with Gasteiger partial charge in [-0.15, -0.1) is 0 Å². The molecule has 0 bridgehead atoms. The minimum atomic E-state index is -0.199. The summed E-state index contributed by atoms with van der Waals surface area (Å²) in [5.74, 6) is 0. The summed E-state index contributed by atoms with van der Waals surface area (Å²) in [5, 5.41) is 20.9. The molecular weight excluding hydrogens is 190 g/mol. The summed E-state index contributed by atoms with van der Waals surface area (Å²) < 4.78 is 0. The first-order valence-corrected chi connectivity index (χ1v) is 5.54. The molecule has 0 aliphatic heterocycles. The maximum absolute atomic E-state index is 9.75. The molecule has 0 saturated heterocycles. The van der Waals surface area contributed by atoms with Crippen LogP contribution < -0.4 is 5.32 Å². The van der Waals surface area contributed by atoms with Gasteiger partial charge in [0.25, 0.3) is 0 Å². The van der Waals surface area contributed by atoms with E-state index in [4.69, 9.17) is 0 Å². The highest BCUT2D eigenvalue weighted by atomic mass is 16.3. The Bertz CT molecular complexity index is 291. The number of aromatic nitrogens is 2. The lowest BCUT2D eigenvalue weighted by atomic mass is 9.92. The van der Waals surface area contributed by atoms with E-state index in [1.165, 1.54) is 6.42 Å². The lowest BCUT2D eigenvalue weighted by Crippen LogP contribution is -2.41. The average molecular weight is 207 g/mol. The summed E-state index contributed by atoms with van der Waals surface area (Å²) in [4.78, 5) is 0. The molecule has 0 amide bonds. The third kappa shape index (κ3) is 2.97. The zero-order chi connectivity index (χ0) is 10.5. The molecule has 2 N–H and O–H groups in total. The van der Waals surface area contributed by atoms with Crippen molar-refractivity contribution in [1.82, 2.24) is 15.5 Å². The molecule has 1 heterocycles. The highest BCUT2D eigenvalue weighted by Crippen LogP contribution is 2.18. The van der Waals surface area contributed by atoms with E-state index in [2.05, 4.69) is 15.5 Å². The lowest BCUT2D eigenvalue weighted by Gasteiger charge is -2.28. The molecule has 1 aliphatic rings. The second-order valence-corrected chi connectivity index (χ2v) is 4.05. The fourth-order valence-corrected chi connectivity index (χ4v) is 2.01.